The van der Waals surface area contributed by atoms with Crippen molar-refractivity contribution in [2.45, 2.75) is 31.9 Å². The predicted molar refractivity (Wildman–Crippen MR) is 67.5 cm³/mol. The standard InChI is InChI=1S/C13H13ClFNO3/c1-7(12(17)16-9-3-4-9)19-13(18)10-5-2-8(15)6-11(10)14/h2,5-7,9H,3-4H2,1H3,(H,16,17)/t7-/m1/s1. The molecule has 4 nitrogen and oxygen atoms in total. The number of halogens is 2. The maximum Gasteiger partial charge on any atom is 0.340 e. The first-order valence-electron chi connectivity index (χ1n) is 5.94. The molecule has 19 heavy (non-hydrogen) atoms. The molecular formula is C13H13ClFNO3. The van der Waals surface area contributed by atoms with Crippen LogP contribution in [0.25, 0.3) is 0 Å². The second kappa shape index (κ2) is 5.57. The van der Waals surface area contributed by atoms with Crippen molar-refractivity contribution in [1.82, 2.24) is 5.32 Å². The zero-order valence-corrected chi connectivity index (χ0v) is 11.0. The van der Waals surface area contributed by atoms with Crippen LogP contribution in [0, 0.1) is 5.82 Å². The maximum atomic E-state index is 12.9. The lowest BCUT2D eigenvalue weighted by atomic mass is 10.2. The number of ether oxygens (including phenoxy) is 1. The van der Waals surface area contributed by atoms with E-state index in [1.807, 2.05) is 0 Å². The molecule has 0 bridgehead atoms. The maximum absolute atomic E-state index is 12.9. The summed E-state index contributed by atoms with van der Waals surface area (Å²) in [5.41, 5.74) is 0.0362. The summed E-state index contributed by atoms with van der Waals surface area (Å²) < 4.78 is 17.8. The molecule has 102 valence electrons. The lowest BCUT2D eigenvalue weighted by Crippen LogP contribution is -2.37. The summed E-state index contributed by atoms with van der Waals surface area (Å²) in [6.07, 6.45) is 1.00. The van der Waals surface area contributed by atoms with Gasteiger partial charge in [-0.2, -0.15) is 0 Å². The van der Waals surface area contributed by atoms with E-state index < -0.39 is 17.9 Å². The molecule has 0 spiro atoms. The molecule has 1 fully saturated rings. The summed E-state index contributed by atoms with van der Waals surface area (Å²) in [7, 11) is 0. The summed E-state index contributed by atoms with van der Waals surface area (Å²) in [6, 6.07) is 3.55. The third kappa shape index (κ3) is 3.67. The van der Waals surface area contributed by atoms with Crippen molar-refractivity contribution in [2.75, 3.05) is 0 Å². The fourth-order valence-electron chi connectivity index (χ4n) is 1.48. The number of hydrogen-bond donors (Lipinski definition) is 1. The van der Waals surface area contributed by atoms with Gasteiger partial charge in [-0.3, -0.25) is 4.79 Å². The molecule has 1 N–H and O–H groups in total. The molecule has 1 aliphatic rings. The number of carbonyl (C=O) groups excluding carboxylic acids is 2. The van der Waals surface area contributed by atoms with E-state index in [0.717, 1.165) is 25.0 Å². The highest BCUT2D eigenvalue weighted by Gasteiger charge is 2.27. The van der Waals surface area contributed by atoms with Gasteiger partial charge in [0.25, 0.3) is 5.91 Å². The van der Waals surface area contributed by atoms with Crippen LogP contribution in [-0.2, 0) is 9.53 Å². The van der Waals surface area contributed by atoms with E-state index in [9.17, 15) is 14.0 Å². The van der Waals surface area contributed by atoms with Gasteiger partial charge in [0.1, 0.15) is 5.82 Å². The molecule has 0 unspecified atom stereocenters. The topological polar surface area (TPSA) is 55.4 Å². The first kappa shape index (κ1) is 13.8. The molecule has 1 aromatic carbocycles. The van der Waals surface area contributed by atoms with Gasteiger partial charge in [-0.1, -0.05) is 11.6 Å². The summed E-state index contributed by atoms with van der Waals surface area (Å²) >= 11 is 5.74. The molecule has 6 heteroatoms. The first-order chi connectivity index (χ1) is 8.97. The fourth-order valence-corrected chi connectivity index (χ4v) is 1.72. The van der Waals surface area contributed by atoms with Crippen LogP contribution >= 0.6 is 11.6 Å². The number of nitrogens with one attached hydrogen (secondary N) is 1. The van der Waals surface area contributed by atoms with Crippen LogP contribution in [0.3, 0.4) is 0 Å². The summed E-state index contributed by atoms with van der Waals surface area (Å²) in [5, 5.41) is 2.68. The van der Waals surface area contributed by atoms with Crippen LogP contribution in [0.15, 0.2) is 18.2 Å². The molecule has 1 aliphatic carbocycles. The fraction of sp³-hybridized carbons (Fsp3) is 0.385. The Hall–Kier alpha value is -1.62. The van der Waals surface area contributed by atoms with Gasteiger partial charge >= 0.3 is 5.97 Å². The van der Waals surface area contributed by atoms with Crippen molar-refractivity contribution >= 4 is 23.5 Å². The molecular weight excluding hydrogens is 273 g/mol. The molecule has 2 rings (SSSR count). The van der Waals surface area contributed by atoms with Crippen molar-refractivity contribution in [1.29, 1.82) is 0 Å². The van der Waals surface area contributed by atoms with E-state index in [1.54, 1.807) is 0 Å². The van der Waals surface area contributed by atoms with E-state index in [2.05, 4.69) is 5.32 Å². The molecule has 1 saturated carbocycles. The first-order valence-corrected chi connectivity index (χ1v) is 6.31. The van der Waals surface area contributed by atoms with Gasteiger partial charge in [-0.15, -0.1) is 0 Å². The summed E-state index contributed by atoms with van der Waals surface area (Å²) in [6.45, 7) is 1.48. The van der Waals surface area contributed by atoms with Crippen molar-refractivity contribution in [3.63, 3.8) is 0 Å². The molecule has 0 aromatic heterocycles. The Morgan fingerprint density at radius 3 is 2.74 bits per heavy atom. The summed E-state index contributed by atoms with van der Waals surface area (Å²) in [5.74, 6) is -1.63. The van der Waals surface area contributed by atoms with E-state index in [-0.39, 0.29) is 22.5 Å². The molecule has 0 heterocycles. The van der Waals surface area contributed by atoms with Gasteiger partial charge in [0, 0.05) is 6.04 Å². The third-order valence-electron chi connectivity index (χ3n) is 2.73. The molecule has 1 aromatic rings. The number of rotatable bonds is 4. The van der Waals surface area contributed by atoms with Crippen LogP contribution < -0.4 is 5.32 Å². The Labute approximate surface area is 114 Å². The Morgan fingerprint density at radius 1 is 1.47 bits per heavy atom. The van der Waals surface area contributed by atoms with E-state index in [4.69, 9.17) is 16.3 Å². The Bertz CT molecular complexity index is 517. The lowest BCUT2D eigenvalue weighted by Gasteiger charge is -2.13. The van der Waals surface area contributed by atoms with Crippen molar-refractivity contribution in [3.8, 4) is 0 Å². The smallest absolute Gasteiger partial charge is 0.340 e. The van der Waals surface area contributed by atoms with Gasteiger partial charge in [0.15, 0.2) is 6.10 Å². The predicted octanol–water partition coefficient (Wildman–Crippen LogP) is 2.30. The van der Waals surface area contributed by atoms with Crippen LogP contribution in [0.4, 0.5) is 4.39 Å². The molecule has 1 atom stereocenters. The zero-order valence-electron chi connectivity index (χ0n) is 10.3. The third-order valence-corrected chi connectivity index (χ3v) is 3.04. The van der Waals surface area contributed by atoms with Crippen LogP contribution in [0.2, 0.25) is 5.02 Å². The highest BCUT2D eigenvalue weighted by Crippen LogP contribution is 2.20. The monoisotopic (exact) mass is 285 g/mol. The average molecular weight is 286 g/mol. The SMILES string of the molecule is C[C@@H](OC(=O)c1ccc(F)cc1Cl)C(=O)NC1CC1. The number of carbonyl (C=O) groups is 2. The number of benzene rings is 1. The highest BCUT2D eigenvalue weighted by atomic mass is 35.5. The minimum atomic E-state index is -0.908. The lowest BCUT2D eigenvalue weighted by molar-refractivity contribution is -0.129. The van der Waals surface area contributed by atoms with Crippen LogP contribution in [0.5, 0.6) is 0 Å². The Balaban J connectivity index is 1.97. The van der Waals surface area contributed by atoms with Gasteiger partial charge in [0.2, 0.25) is 0 Å². The normalized spacial score (nSPS) is 15.7. The summed E-state index contributed by atoms with van der Waals surface area (Å²) in [4.78, 5) is 23.4. The van der Waals surface area contributed by atoms with Crippen molar-refractivity contribution in [2.24, 2.45) is 0 Å². The Kier molecular flexibility index (Phi) is 4.04. The second-order valence-electron chi connectivity index (χ2n) is 4.45. The van der Waals surface area contributed by atoms with Gasteiger partial charge < -0.3 is 10.1 Å². The van der Waals surface area contributed by atoms with Crippen molar-refractivity contribution in [3.05, 3.63) is 34.6 Å². The number of esters is 1. The van der Waals surface area contributed by atoms with Gasteiger partial charge in [-0.05, 0) is 38.0 Å². The number of amides is 1. The van der Waals surface area contributed by atoms with Crippen LogP contribution in [0.1, 0.15) is 30.1 Å². The zero-order chi connectivity index (χ0) is 14.0. The minimum Gasteiger partial charge on any atom is -0.449 e. The minimum absolute atomic E-state index is 0.0362. The van der Waals surface area contributed by atoms with E-state index in [0.29, 0.717) is 0 Å². The largest absolute Gasteiger partial charge is 0.449 e. The molecule has 0 radical (unpaired) electrons. The highest BCUT2D eigenvalue weighted by molar-refractivity contribution is 6.33. The van der Waals surface area contributed by atoms with Crippen molar-refractivity contribution < 1.29 is 18.7 Å². The number of hydrogen-bond acceptors (Lipinski definition) is 3. The molecule has 0 saturated heterocycles. The van der Waals surface area contributed by atoms with Crippen LogP contribution in [-0.4, -0.2) is 24.0 Å². The average Bonchev–Trinajstić information content (AvgIpc) is 3.12. The van der Waals surface area contributed by atoms with E-state index in [1.165, 1.54) is 13.0 Å². The second-order valence-corrected chi connectivity index (χ2v) is 4.86. The van der Waals surface area contributed by atoms with Gasteiger partial charge in [0.05, 0.1) is 10.6 Å². The quantitative estimate of drug-likeness (QED) is 0.864. The molecule has 1 amide bonds. The Morgan fingerprint density at radius 2 is 2.16 bits per heavy atom. The van der Waals surface area contributed by atoms with Gasteiger partial charge in [-0.25, -0.2) is 9.18 Å². The van der Waals surface area contributed by atoms with E-state index >= 15 is 0 Å². The molecule has 0 aliphatic heterocycles.